The summed E-state index contributed by atoms with van der Waals surface area (Å²) in [6.07, 6.45) is 3.91. The molecule has 1 aromatic rings. The van der Waals surface area contributed by atoms with Crippen molar-refractivity contribution in [2.45, 2.75) is 38.4 Å². The number of amides is 1. The first-order valence-electron chi connectivity index (χ1n) is 6.91. The summed E-state index contributed by atoms with van der Waals surface area (Å²) in [5.74, 6) is 1.00. The predicted molar refractivity (Wildman–Crippen MR) is 78.5 cm³/mol. The van der Waals surface area contributed by atoms with Crippen LogP contribution in [0.1, 0.15) is 36.5 Å². The van der Waals surface area contributed by atoms with Crippen LogP contribution in [0.15, 0.2) is 18.2 Å². The molecule has 1 N–H and O–H groups in total. The second-order valence-corrected chi connectivity index (χ2v) is 6.52. The lowest BCUT2D eigenvalue weighted by Crippen LogP contribution is -2.24. The Morgan fingerprint density at radius 2 is 2.11 bits per heavy atom. The second kappa shape index (κ2) is 6.85. The van der Waals surface area contributed by atoms with Gasteiger partial charge in [0.15, 0.2) is 0 Å². The number of rotatable bonds is 6. The van der Waals surface area contributed by atoms with Crippen LogP contribution in [0.2, 0.25) is 0 Å². The normalized spacial score (nSPS) is 15.0. The summed E-state index contributed by atoms with van der Waals surface area (Å²) < 4.78 is 12.0. The highest BCUT2D eigenvalue weighted by Crippen LogP contribution is 2.23. The molecule has 0 saturated heterocycles. The van der Waals surface area contributed by atoms with Crippen LogP contribution in [-0.4, -0.2) is 22.4 Å². The molecule has 1 amide bonds. The van der Waals surface area contributed by atoms with Gasteiger partial charge in [0, 0.05) is 35.3 Å². The Balaban J connectivity index is 1.84. The van der Waals surface area contributed by atoms with E-state index in [4.69, 9.17) is 0 Å². The molecule has 1 aromatic carbocycles. The highest BCUT2D eigenvalue weighted by molar-refractivity contribution is 7.84. The Bertz CT molecular complexity index is 485. The molecule has 0 heterocycles. The van der Waals surface area contributed by atoms with E-state index in [1.165, 1.54) is 24.0 Å². The van der Waals surface area contributed by atoms with E-state index < -0.39 is 10.8 Å². The fraction of sp³-hybridized carbons (Fsp3) is 0.533. The van der Waals surface area contributed by atoms with Crippen molar-refractivity contribution in [1.82, 2.24) is 5.32 Å². The van der Waals surface area contributed by atoms with Crippen molar-refractivity contribution in [2.75, 3.05) is 12.3 Å². The van der Waals surface area contributed by atoms with Crippen LogP contribution < -0.4 is 5.32 Å². The molecule has 1 aliphatic rings. The number of fused-ring (bicyclic) bond motifs is 1. The lowest BCUT2D eigenvalue weighted by molar-refractivity contribution is -0.120. The van der Waals surface area contributed by atoms with Gasteiger partial charge < -0.3 is 5.32 Å². The maximum absolute atomic E-state index is 12.0. The van der Waals surface area contributed by atoms with Crippen molar-refractivity contribution in [1.29, 1.82) is 0 Å². The Kier molecular flexibility index (Phi) is 5.14. The number of benzene rings is 1. The molecule has 0 fully saturated rings. The van der Waals surface area contributed by atoms with E-state index in [2.05, 4.69) is 23.5 Å². The molecule has 1 atom stereocenters. The molecule has 0 bridgehead atoms. The van der Waals surface area contributed by atoms with Gasteiger partial charge in [-0.3, -0.25) is 9.00 Å². The van der Waals surface area contributed by atoms with Crippen molar-refractivity contribution in [3.05, 3.63) is 34.9 Å². The van der Waals surface area contributed by atoms with Crippen LogP contribution in [0, 0.1) is 0 Å². The van der Waals surface area contributed by atoms with E-state index in [-0.39, 0.29) is 5.91 Å². The lowest BCUT2D eigenvalue weighted by Gasteiger charge is -2.06. The zero-order valence-electron chi connectivity index (χ0n) is 11.4. The fourth-order valence-electron chi connectivity index (χ4n) is 2.47. The summed E-state index contributed by atoms with van der Waals surface area (Å²) in [6.45, 7) is 2.52. The number of hydrogen-bond acceptors (Lipinski definition) is 2. The van der Waals surface area contributed by atoms with Gasteiger partial charge in [0.1, 0.15) is 0 Å². The van der Waals surface area contributed by atoms with Crippen LogP contribution in [0.5, 0.6) is 0 Å². The number of hydrogen-bond donors (Lipinski definition) is 1. The van der Waals surface area contributed by atoms with Gasteiger partial charge in [-0.1, -0.05) is 18.2 Å². The van der Waals surface area contributed by atoms with E-state index in [1.807, 2.05) is 6.92 Å². The third kappa shape index (κ3) is 4.16. The van der Waals surface area contributed by atoms with Crippen molar-refractivity contribution in [3.63, 3.8) is 0 Å². The van der Waals surface area contributed by atoms with Gasteiger partial charge >= 0.3 is 0 Å². The van der Waals surface area contributed by atoms with Gasteiger partial charge in [-0.15, -0.1) is 0 Å². The number of nitrogens with one attached hydrogen (secondary N) is 1. The molecular weight excluding hydrogens is 258 g/mol. The molecule has 0 aromatic heterocycles. The molecule has 0 aliphatic heterocycles. The predicted octanol–water partition coefficient (Wildman–Crippen LogP) is 1.95. The highest BCUT2D eigenvalue weighted by atomic mass is 32.2. The molecule has 4 heteroatoms. The third-order valence-electron chi connectivity index (χ3n) is 3.42. The van der Waals surface area contributed by atoms with Crippen molar-refractivity contribution < 1.29 is 9.00 Å². The molecule has 1 aliphatic carbocycles. The standard InChI is InChI=1S/C15H21NO2S/c1-2-16-15(17)8-9-19(18)11-12-6-7-13-4-3-5-14(13)10-12/h6-7,10H,2-5,8-9,11H2,1H3,(H,16,17). The Labute approximate surface area is 117 Å². The highest BCUT2D eigenvalue weighted by Gasteiger charge is 2.12. The SMILES string of the molecule is CCNC(=O)CCS(=O)Cc1ccc2c(c1)CCC2. The van der Waals surface area contributed by atoms with Gasteiger partial charge in [-0.2, -0.15) is 0 Å². The van der Waals surface area contributed by atoms with Gasteiger partial charge in [-0.05, 0) is 42.9 Å². The van der Waals surface area contributed by atoms with E-state index in [9.17, 15) is 9.00 Å². The summed E-state index contributed by atoms with van der Waals surface area (Å²) in [5, 5.41) is 2.73. The summed E-state index contributed by atoms with van der Waals surface area (Å²) in [6, 6.07) is 6.43. The van der Waals surface area contributed by atoms with E-state index in [0.717, 1.165) is 12.0 Å². The molecule has 0 saturated carbocycles. The first-order valence-corrected chi connectivity index (χ1v) is 8.40. The van der Waals surface area contributed by atoms with Crippen LogP contribution in [-0.2, 0) is 34.2 Å². The second-order valence-electron chi connectivity index (χ2n) is 4.95. The van der Waals surface area contributed by atoms with Crippen LogP contribution in [0.25, 0.3) is 0 Å². The molecule has 19 heavy (non-hydrogen) atoms. The number of carbonyl (C=O) groups excluding carboxylic acids is 1. The topological polar surface area (TPSA) is 46.2 Å². The summed E-state index contributed by atoms with van der Waals surface area (Å²) in [7, 11) is -0.952. The van der Waals surface area contributed by atoms with E-state index >= 15 is 0 Å². The van der Waals surface area contributed by atoms with Gasteiger partial charge in [0.05, 0.1) is 0 Å². The Hall–Kier alpha value is -1.16. The summed E-state index contributed by atoms with van der Waals surface area (Å²) in [5.41, 5.74) is 3.99. The zero-order valence-corrected chi connectivity index (χ0v) is 12.2. The summed E-state index contributed by atoms with van der Waals surface area (Å²) >= 11 is 0. The number of aryl methyl sites for hydroxylation is 2. The van der Waals surface area contributed by atoms with Crippen molar-refractivity contribution in [2.24, 2.45) is 0 Å². The van der Waals surface area contributed by atoms with E-state index in [1.54, 1.807) is 0 Å². The lowest BCUT2D eigenvalue weighted by atomic mass is 10.1. The van der Waals surface area contributed by atoms with Gasteiger partial charge in [-0.25, -0.2) is 0 Å². The first kappa shape index (κ1) is 14.3. The summed E-state index contributed by atoms with van der Waals surface area (Å²) in [4.78, 5) is 11.3. The molecule has 1 unspecified atom stereocenters. The molecule has 3 nitrogen and oxygen atoms in total. The average molecular weight is 279 g/mol. The van der Waals surface area contributed by atoms with Crippen LogP contribution in [0.3, 0.4) is 0 Å². The zero-order chi connectivity index (χ0) is 13.7. The molecule has 0 spiro atoms. The molecule has 0 radical (unpaired) electrons. The van der Waals surface area contributed by atoms with Gasteiger partial charge in [0.2, 0.25) is 5.91 Å². The minimum atomic E-state index is -0.952. The third-order valence-corrected chi connectivity index (χ3v) is 4.74. The largest absolute Gasteiger partial charge is 0.356 e. The van der Waals surface area contributed by atoms with Crippen LogP contribution in [0.4, 0.5) is 0 Å². The molecule has 104 valence electrons. The molecular formula is C15H21NO2S. The van der Waals surface area contributed by atoms with Gasteiger partial charge in [0.25, 0.3) is 0 Å². The monoisotopic (exact) mass is 279 g/mol. The van der Waals surface area contributed by atoms with E-state index in [0.29, 0.717) is 24.5 Å². The maximum atomic E-state index is 12.0. The minimum absolute atomic E-state index is 0.00944. The first-order chi connectivity index (χ1) is 9.19. The average Bonchev–Trinajstić information content (AvgIpc) is 2.84. The fourth-order valence-corrected chi connectivity index (χ4v) is 3.57. The minimum Gasteiger partial charge on any atom is -0.356 e. The maximum Gasteiger partial charge on any atom is 0.220 e. The van der Waals surface area contributed by atoms with Crippen molar-refractivity contribution >= 4 is 16.7 Å². The van der Waals surface area contributed by atoms with Crippen LogP contribution >= 0.6 is 0 Å². The van der Waals surface area contributed by atoms with Crippen molar-refractivity contribution in [3.8, 4) is 0 Å². The Morgan fingerprint density at radius 3 is 2.89 bits per heavy atom. The molecule has 2 rings (SSSR count). The Morgan fingerprint density at radius 1 is 1.32 bits per heavy atom. The smallest absolute Gasteiger partial charge is 0.220 e. The quantitative estimate of drug-likeness (QED) is 0.865. The number of carbonyl (C=O) groups is 1.